The average molecular weight is 327 g/mol. The van der Waals surface area contributed by atoms with Gasteiger partial charge in [-0.05, 0) is 55.7 Å². The molecule has 4 heteroatoms. The lowest BCUT2D eigenvalue weighted by atomic mass is 9.70. The highest BCUT2D eigenvalue weighted by atomic mass is 16.5. The van der Waals surface area contributed by atoms with E-state index in [1.807, 2.05) is 18.2 Å². The Balaban J connectivity index is 1.82. The van der Waals surface area contributed by atoms with Crippen LogP contribution in [0.5, 0.6) is 5.75 Å². The Morgan fingerprint density at radius 3 is 2.83 bits per heavy atom. The van der Waals surface area contributed by atoms with E-state index in [1.54, 1.807) is 7.11 Å². The van der Waals surface area contributed by atoms with Crippen LogP contribution >= 0.6 is 0 Å². The van der Waals surface area contributed by atoms with E-state index in [2.05, 4.69) is 31.8 Å². The van der Waals surface area contributed by atoms with E-state index in [0.717, 1.165) is 35.6 Å². The normalized spacial score (nSPS) is 24.4. The van der Waals surface area contributed by atoms with E-state index in [-0.39, 0.29) is 0 Å². The Morgan fingerprint density at radius 2 is 2.17 bits per heavy atom. The molecule has 0 unspecified atom stereocenters. The molecular formula is C20H29N3O. The molecule has 0 saturated carbocycles. The number of aromatic amines is 1. The quantitative estimate of drug-likeness (QED) is 0.818. The number of allylic oxidation sites excluding steroid dienone is 1. The van der Waals surface area contributed by atoms with Crippen molar-refractivity contribution >= 4 is 11.0 Å². The molecular weight excluding hydrogens is 298 g/mol. The standard InChI is InChI=1S/C20H29N3O/c1-12(2)17-8-14(13(3)7-15(17)11-21)9-20-22-18-6-5-16(24-4)10-19(18)23-20/h5-7,10,12,14-15,17H,8-9,11,21H2,1-4H3,(H,22,23)/t14-,15-,17-/m0/s1. The van der Waals surface area contributed by atoms with E-state index in [1.165, 1.54) is 12.0 Å². The summed E-state index contributed by atoms with van der Waals surface area (Å²) in [4.78, 5) is 8.23. The fourth-order valence-corrected chi connectivity index (χ4v) is 4.04. The van der Waals surface area contributed by atoms with Gasteiger partial charge in [0.05, 0.1) is 18.1 Å². The molecule has 1 aromatic carbocycles. The summed E-state index contributed by atoms with van der Waals surface area (Å²) in [5.41, 5.74) is 9.50. The highest BCUT2D eigenvalue weighted by Gasteiger charge is 2.31. The molecule has 3 N–H and O–H groups in total. The molecule has 1 aliphatic rings. The number of rotatable bonds is 5. The molecule has 2 aromatic rings. The first kappa shape index (κ1) is 17.0. The number of ether oxygens (including phenoxy) is 1. The third-order valence-electron chi connectivity index (χ3n) is 5.53. The summed E-state index contributed by atoms with van der Waals surface area (Å²) in [5.74, 6) is 4.30. The largest absolute Gasteiger partial charge is 0.497 e. The smallest absolute Gasteiger partial charge is 0.121 e. The van der Waals surface area contributed by atoms with Gasteiger partial charge in [-0.3, -0.25) is 0 Å². The molecule has 1 aliphatic carbocycles. The fourth-order valence-electron chi connectivity index (χ4n) is 4.04. The Hall–Kier alpha value is -1.81. The van der Waals surface area contributed by atoms with Gasteiger partial charge in [0.15, 0.2) is 0 Å². The molecule has 0 radical (unpaired) electrons. The third-order valence-corrected chi connectivity index (χ3v) is 5.53. The topological polar surface area (TPSA) is 63.9 Å². The second-order valence-electron chi connectivity index (χ2n) is 7.42. The summed E-state index contributed by atoms with van der Waals surface area (Å²) < 4.78 is 5.29. The number of nitrogens with two attached hydrogens (primary N) is 1. The van der Waals surface area contributed by atoms with Crippen molar-refractivity contribution in [2.75, 3.05) is 13.7 Å². The first-order valence-electron chi connectivity index (χ1n) is 8.92. The zero-order valence-electron chi connectivity index (χ0n) is 15.2. The maximum atomic E-state index is 6.00. The molecule has 0 saturated heterocycles. The van der Waals surface area contributed by atoms with Crippen LogP contribution < -0.4 is 10.5 Å². The first-order valence-corrected chi connectivity index (χ1v) is 8.92. The van der Waals surface area contributed by atoms with Gasteiger partial charge >= 0.3 is 0 Å². The molecule has 3 atom stereocenters. The Kier molecular flexibility index (Phi) is 4.95. The predicted octanol–water partition coefficient (Wildman–Crippen LogP) is 3.93. The van der Waals surface area contributed by atoms with Gasteiger partial charge in [-0.25, -0.2) is 4.98 Å². The van der Waals surface area contributed by atoms with Gasteiger partial charge in [0.1, 0.15) is 11.6 Å². The molecule has 130 valence electrons. The fraction of sp³-hybridized carbons (Fsp3) is 0.550. The average Bonchev–Trinajstić information content (AvgIpc) is 2.97. The molecule has 4 nitrogen and oxygen atoms in total. The molecule has 1 heterocycles. The summed E-state index contributed by atoms with van der Waals surface area (Å²) in [6.07, 6.45) is 4.56. The maximum absolute atomic E-state index is 6.00. The highest BCUT2D eigenvalue weighted by molar-refractivity contribution is 5.76. The lowest BCUT2D eigenvalue weighted by Gasteiger charge is -2.36. The second-order valence-corrected chi connectivity index (χ2v) is 7.42. The minimum atomic E-state index is 0.515. The van der Waals surface area contributed by atoms with Crippen molar-refractivity contribution in [2.24, 2.45) is 29.4 Å². The number of H-pyrrole nitrogens is 1. The summed E-state index contributed by atoms with van der Waals surface area (Å²) in [7, 11) is 1.69. The van der Waals surface area contributed by atoms with Gasteiger partial charge < -0.3 is 15.5 Å². The van der Waals surface area contributed by atoms with Gasteiger partial charge in [0, 0.05) is 12.5 Å². The maximum Gasteiger partial charge on any atom is 0.121 e. The lowest BCUT2D eigenvalue weighted by Crippen LogP contribution is -2.32. The number of hydrogen-bond donors (Lipinski definition) is 2. The van der Waals surface area contributed by atoms with Gasteiger partial charge in [0.2, 0.25) is 0 Å². The molecule has 24 heavy (non-hydrogen) atoms. The number of hydrogen-bond acceptors (Lipinski definition) is 3. The van der Waals surface area contributed by atoms with Crippen molar-refractivity contribution in [1.29, 1.82) is 0 Å². The summed E-state index contributed by atoms with van der Waals surface area (Å²) in [5, 5.41) is 0. The van der Waals surface area contributed by atoms with Crippen LogP contribution in [0, 0.1) is 23.7 Å². The van der Waals surface area contributed by atoms with Crippen molar-refractivity contribution in [3.8, 4) is 5.75 Å². The van der Waals surface area contributed by atoms with E-state index in [9.17, 15) is 0 Å². The Bertz CT molecular complexity index is 732. The van der Waals surface area contributed by atoms with Crippen molar-refractivity contribution in [2.45, 2.75) is 33.6 Å². The summed E-state index contributed by atoms with van der Waals surface area (Å²) in [6.45, 7) is 7.62. The zero-order valence-corrected chi connectivity index (χ0v) is 15.2. The monoisotopic (exact) mass is 327 g/mol. The van der Waals surface area contributed by atoms with Crippen LogP contribution in [0.3, 0.4) is 0 Å². The molecule has 3 rings (SSSR count). The molecule has 0 aliphatic heterocycles. The number of benzene rings is 1. The summed E-state index contributed by atoms with van der Waals surface area (Å²) >= 11 is 0. The predicted molar refractivity (Wildman–Crippen MR) is 99.1 cm³/mol. The molecule has 0 amide bonds. The molecule has 0 fully saturated rings. The van der Waals surface area contributed by atoms with Crippen LogP contribution in [0.15, 0.2) is 29.8 Å². The van der Waals surface area contributed by atoms with Gasteiger partial charge in [-0.2, -0.15) is 0 Å². The molecule has 1 aromatic heterocycles. The van der Waals surface area contributed by atoms with Crippen molar-refractivity contribution in [3.05, 3.63) is 35.7 Å². The number of nitrogens with one attached hydrogen (secondary N) is 1. The van der Waals surface area contributed by atoms with Crippen LogP contribution in [0.2, 0.25) is 0 Å². The molecule has 0 spiro atoms. The van der Waals surface area contributed by atoms with Crippen molar-refractivity contribution in [3.63, 3.8) is 0 Å². The van der Waals surface area contributed by atoms with Gasteiger partial charge in [-0.1, -0.05) is 25.5 Å². The van der Waals surface area contributed by atoms with Gasteiger partial charge in [-0.15, -0.1) is 0 Å². The number of imidazole rings is 1. The number of methoxy groups -OCH3 is 1. The SMILES string of the molecule is COc1ccc2nc(C[C@@H]3C[C@@H](C(C)C)[C@H](CN)C=C3C)[nH]c2c1. The minimum absolute atomic E-state index is 0.515. The van der Waals surface area contributed by atoms with E-state index in [0.29, 0.717) is 23.7 Å². The lowest BCUT2D eigenvalue weighted by molar-refractivity contribution is 0.230. The number of aromatic nitrogens is 2. The van der Waals surface area contributed by atoms with E-state index in [4.69, 9.17) is 15.5 Å². The van der Waals surface area contributed by atoms with Crippen molar-refractivity contribution < 1.29 is 4.74 Å². The van der Waals surface area contributed by atoms with Crippen LogP contribution in [0.4, 0.5) is 0 Å². The summed E-state index contributed by atoms with van der Waals surface area (Å²) in [6, 6.07) is 5.98. The van der Waals surface area contributed by atoms with Crippen LogP contribution in [-0.2, 0) is 6.42 Å². The molecule has 0 bridgehead atoms. The Labute approximate surface area is 144 Å². The zero-order chi connectivity index (χ0) is 17.3. The minimum Gasteiger partial charge on any atom is -0.497 e. The highest BCUT2D eigenvalue weighted by Crippen LogP contribution is 2.38. The van der Waals surface area contributed by atoms with Crippen LogP contribution in [0.1, 0.15) is 33.0 Å². The van der Waals surface area contributed by atoms with Crippen LogP contribution in [0.25, 0.3) is 11.0 Å². The van der Waals surface area contributed by atoms with E-state index >= 15 is 0 Å². The third kappa shape index (κ3) is 3.34. The number of fused-ring (bicyclic) bond motifs is 1. The van der Waals surface area contributed by atoms with Gasteiger partial charge in [0.25, 0.3) is 0 Å². The van der Waals surface area contributed by atoms with Crippen LogP contribution in [-0.4, -0.2) is 23.6 Å². The second kappa shape index (κ2) is 6.98. The van der Waals surface area contributed by atoms with Crippen molar-refractivity contribution in [1.82, 2.24) is 9.97 Å². The number of nitrogens with zero attached hydrogens (tertiary/aromatic N) is 1. The van der Waals surface area contributed by atoms with E-state index < -0.39 is 0 Å². The first-order chi connectivity index (χ1) is 11.5. The Morgan fingerprint density at radius 1 is 1.38 bits per heavy atom.